The van der Waals surface area contributed by atoms with Crippen molar-refractivity contribution < 1.29 is 4.79 Å². The van der Waals surface area contributed by atoms with E-state index >= 15 is 0 Å². The van der Waals surface area contributed by atoms with Crippen molar-refractivity contribution in [3.63, 3.8) is 0 Å². The van der Waals surface area contributed by atoms with Gasteiger partial charge in [-0.1, -0.05) is 24.3 Å². The van der Waals surface area contributed by atoms with E-state index in [1.165, 1.54) is 5.56 Å². The molecule has 0 aliphatic carbocycles. The molecular weight excluding hydrogens is 252 g/mol. The van der Waals surface area contributed by atoms with Gasteiger partial charge < -0.3 is 5.73 Å². The number of carbonyl (C=O) groups is 1. The monoisotopic (exact) mass is 270 g/mol. The highest BCUT2D eigenvalue weighted by Crippen LogP contribution is 2.30. The Morgan fingerprint density at radius 2 is 2.20 bits per heavy atom. The Labute approximate surface area is 118 Å². The van der Waals surface area contributed by atoms with Crippen LogP contribution in [0.15, 0.2) is 36.5 Å². The smallest absolute Gasteiger partial charge is 0.239 e. The molecule has 5 nitrogen and oxygen atoms in total. The van der Waals surface area contributed by atoms with E-state index in [4.69, 9.17) is 5.73 Å². The van der Waals surface area contributed by atoms with Crippen LogP contribution < -0.4 is 5.73 Å². The van der Waals surface area contributed by atoms with Crippen molar-refractivity contribution in [2.24, 2.45) is 12.8 Å². The maximum Gasteiger partial charge on any atom is 0.239 e. The SMILES string of the molecule is Cn1nccc1CN1CCc2ccccc2C1C(N)=O. The van der Waals surface area contributed by atoms with E-state index in [2.05, 4.69) is 16.1 Å². The first-order chi connectivity index (χ1) is 9.66. The Bertz CT molecular complexity index is 634. The molecule has 0 saturated carbocycles. The molecule has 2 aromatic rings. The van der Waals surface area contributed by atoms with Gasteiger partial charge in [-0.3, -0.25) is 14.4 Å². The molecule has 104 valence electrons. The topological polar surface area (TPSA) is 64.2 Å². The summed E-state index contributed by atoms with van der Waals surface area (Å²) in [6.07, 6.45) is 2.71. The molecule has 1 aliphatic heterocycles. The fraction of sp³-hybridized carbons (Fsp3) is 0.333. The quantitative estimate of drug-likeness (QED) is 0.905. The molecule has 1 aliphatic rings. The molecule has 1 atom stereocenters. The Kier molecular flexibility index (Phi) is 3.28. The molecule has 1 amide bonds. The lowest BCUT2D eigenvalue weighted by Crippen LogP contribution is -2.42. The van der Waals surface area contributed by atoms with Crippen molar-refractivity contribution in [3.8, 4) is 0 Å². The van der Waals surface area contributed by atoms with Crippen molar-refractivity contribution in [1.82, 2.24) is 14.7 Å². The Morgan fingerprint density at radius 3 is 2.90 bits per heavy atom. The minimum absolute atomic E-state index is 0.292. The Hall–Kier alpha value is -2.14. The number of rotatable bonds is 3. The van der Waals surface area contributed by atoms with Gasteiger partial charge in [0, 0.05) is 26.3 Å². The number of aromatic nitrogens is 2. The second kappa shape index (κ2) is 5.09. The number of hydrogen-bond acceptors (Lipinski definition) is 3. The third kappa shape index (κ3) is 2.20. The summed E-state index contributed by atoms with van der Waals surface area (Å²) < 4.78 is 1.83. The van der Waals surface area contributed by atoms with Crippen LogP contribution in [-0.2, 0) is 24.8 Å². The Balaban J connectivity index is 1.92. The van der Waals surface area contributed by atoms with Gasteiger partial charge in [0.05, 0.1) is 5.69 Å². The first-order valence-electron chi connectivity index (χ1n) is 6.75. The summed E-state index contributed by atoms with van der Waals surface area (Å²) in [5, 5.41) is 4.17. The van der Waals surface area contributed by atoms with Crippen LogP contribution >= 0.6 is 0 Å². The van der Waals surface area contributed by atoms with E-state index in [0.717, 1.165) is 24.2 Å². The lowest BCUT2D eigenvalue weighted by Gasteiger charge is -2.35. The maximum atomic E-state index is 11.9. The van der Waals surface area contributed by atoms with Gasteiger partial charge >= 0.3 is 0 Å². The van der Waals surface area contributed by atoms with Crippen LogP contribution in [0.3, 0.4) is 0 Å². The first kappa shape index (κ1) is 12.9. The molecule has 0 bridgehead atoms. The van der Waals surface area contributed by atoms with Crippen LogP contribution in [0.4, 0.5) is 0 Å². The molecule has 3 rings (SSSR count). The summed E-state index contributed by atoms with van der Waals surface area (Å²) in [5.41, 5.74) is 8.97. The van der Waals surface area contributed by atoms with Gasteiger partial charge in [0.1, 0.15) is 6.04 Å². The fourth-order valence-electron chi connectivity index (χ4n) is 2.89. The average molecular weight is 270 g/mol. The zero-order valence-electron chi connectivity index (χ0n) is 11.5. The maximum absolute atomic E-state index is 11.9. The number of carbonyl (C=O) groups excluding carboxylic acids is 1. The summed E-state index contributed by atoms with van der Waals surface area (Å²) in [5.74, 6) is -0.292. The lowest BCUT2D eigenvalue weighted by molar-refractivity contribution is -0.124. The molecule has 0 spiro atoms. The van der Waals surface area contributed by atoms with Crippen LogP contribution in [0.5, 0.6) is 0 Å². The molecule has 0 saturated heterocycles. The van der Waals surface area contributed by atoms with Crippen LogP contribution in [0.2, 0.25) is 0 Å². The molecule has 1 aromatic carbocycles. The van der Waals surface area contributed by atoms with Gasteiger partial charge in [0.2, 0.25) is 5.91 Å². The highest BCUT2D eigenvalue weighted by Gasteiger charge is 2.31. The lowest BCUT2D eigenvalue weighted by atomic mass is 9.92. The van der Waals surface area contributed by atoms with Crippen molar-refractivity contribution >= 4 is 5.91 Å². The third-order valence-corrected chi connectivity index (χ3v) is 3.94. The highest BCUT2D eigenvalue weighted by molar-refractivity contribution is 5.82. The van der Waals surface area contributed by atoms with E-state index in [1.54, 1.807) is 6.20 Å². The van der Waals surface area contributed by atoms with Gasteiger partial charge in [0.25, 0.3) is 0 Å². The van der Waals surface area contributed by atoms with Crippen molar-refractivity contribution in [3.05, 3.63) is 53.3 Å². The largest absolute Gasteiger partial charge is 0.368 e. The molecular formula is C15H18N4O. The van der Waals surface area contributed by atoms with Gasteiger partial charge in [-0.15, -0.1) is 0 Å². The Morgan fingerprint density at radius 1 is 1.40 bits per heavy atom. The summed E-state index contributed by atoms with van der Waals surface area (Å²) in [6.45, 7) is 1.51. The number of benzene rings is 1. The van der Waals surface area contributed by atoms with Crippen LogP contribution in [0.1, 0.15) is 22.9 Å². The number of primary amides is 1. The average Bonchev–Trinajstić information content (AvgIpc) is 2.83. The number of nitrogens with zero attached hydrogens (tertiary/aromatic N) is 3. The molecule has 2 heterocycles. The van der Waals surface area contributed by atoms with Crippen molar-refractivity contribution in [2.75, 3.05) is 6.54 Å². The molecule has 0 radical (unpaired) electrons. The van der Waals surface area contributed by atoms with E-state index in [1.807, 2.05) is 36.0 Å². The van der Waals surface area contributed by atoms with Crippen molar-refractivity contribution in [1.29, 1.82) is 0 Å². The molecule has 1 aromatic heterocycles. The third-order valence-electron chi connectivity index (χ3n) is 3.94. The number of aryl methyl sites for hydroxylation is 1. The number of hydrogen-bond donors (Lipinski definition) is 1. The summed E-state index contributed by atoms with van der Waals surface area (Å²) in [7, 11) is 1.91. The molecule has 20 heavy (non-hydrogen) atoms. The second-order valence-corrected chi connectivity index (χ2v) is 5.17. The molecule has 5 heteroatoms. The van der Waals surface area contributed by atoms with E-state index in [-0.39, 0.29) is 11.9 Å². The number of nitrogens with two attached hydrogens (primary N) is 1. The predicted octanol–water partition coefficient (Wildman–Crippen LogP) is 1.00. The minimum Gasteiger partial charge on any atom is -0.368 e. The normalized spacial score (nSPS) is 18.8. The molecule has 2 N–H and O–H groups in total. The van der Waals surface area contributed by atoms with Gasteiger partial charge in [-0.25, -0.2) is 0 Å². The van der Waals surface area contributed by atoms with Crippen LogP contribution in [-0.4, -0.2) is 27.1 Å². The molecule has 1 unspecified atom stereocenters. The minimum atomic E-state index is -0.352. The summed E-state index contributed by atoms with van der Waals surface area (Å²) in [6, 6.07) is 9.66. The van der Waals surface area contributed by atoms with Crippen molar-refractivity contribution in [2.45, 2.75) is 19.0 Å². The molecule has 0 fully saturated rings. The number of fused-ring (bicyclic) bond motifs is 1. The number of amides is 1. The van der Waals surface area contributed by atoms with E-state index in [9.17, 15) is 4.79 Å². The van der Waals surface area contributed by atoms with Gasteiger partial charge in [-0.2, -0.15) is 5.10 Å². The fourth-order valence-corrected chi connectivity index (χ4v) is 2.89. The highest BCUT2D eigenvalue weighted by atomic mass is 16.1. The van der Waals surface area contributed by atoms with Crippen LogP contribution in [0.25, 0.3) is 0 Å². The zero-order chi connectivity index (χ0) is 14.1. The second-order valence-electron chi connectivity index (χ2n) is 5.17. The zero-order valence-corrected chi connectivity index (χ0v) is 11.5. The van der Waals surface area contributed by atoms with Gasteiger partial charge in [0.15, 0.2) is 0 Å². The van der Waals surface area contributed by atoms with Crippen LogP contribution in [0, 0.1) is 0 Å². The first-order valence-corrected chi connectivity index (χ1v) is 6.75. The van der Waals surface area contributed by atoms with E-state index < -0.39 is 0 Å². The predicted molar refractivity (Wildman–Crippen MR) is 75.7 cm³/mol. The summed E-state index contributed by atoms with van der Waals surface area (Å²) in [4.78, 5) is 14.0. The summed E-state index contributed by atoms with van der Waals surface area (Å²) >= 11 is 0. The standard InChI is InChI=1S/C15H18N4O/c1-18-12(6-8-17-18)10-19-9-7-11-4-2-3-5-13(11)14(19)15(16)20/h2-6,8,14H,7,9-10H2,1H3,(H2,16,20). The van der Waals surface area contributed by atoms with Gasteiger partial charge in [-0.05, 0) is 23.6 Å². The van der Waals surface area contributed by atoms with E-state index in [0.29, 0.717) is 6.54 Å².